The molecule has 3 N–H and O–H groups in total. The van der Waals surface area contributed by atoms with Crippen LogP contribution < -0.4 is 16.0 Å². The minimum atomic E-state index is -0.521. The van der Waals surface area contributed by atoms with Gasteiger partial charge in [0.05, 0.1) is 18.9 Å². The van der Waals surface area contributed by atoms with E-state index in [1.54, 1.807) is 17.0 Å². The molecule has 1 amide bonds. The van der Waals surface area contributed by atoms with Crippen molar-refractivity contribution in [3.05, 3.63) is 29.6 Å². The molecule has 1 aliphatic heterocycles. The summed E-state index contributed by atoms with van der Waals surface area (Å²) in [6.07, 6.45) is 0.854. The maximum atomic E-state index is 14.2. The highest BCUT2D eigenvalue weighted by Gasteiger charge is 2.32. The number of ether oxygens (including phenoxy) is 1. The average Bonchev–Trinajstić information content (AvgIpc) is 2.52. The lowest BCUT2D eigenvalue weighted by molar-refractivity contribution is -0.124. The third-order valence-electron chi connectivity index (χ3n) is 3.56. The molecule has 1 aromatic carbocycles. The van der Waals surface area contributed by atoms with Gasteiger partial charge in [-0.25, -0.2) is 4.39 Å². The molecule has 6 heteroatoms. The lowest BCUT2D eigenvalue weighted by Crippen LogP contribution is -2.54. The van der Waals surface area contributed by atoms with Crippen molar-refractivity contribution < 1.29 is 13.9 Å². The first kappa shape index (κ1) is 15.7. The summed E-state index contributed by atoms with van der Waals surface area (Å²) in [5, 5.41) is 2.84. The summed E-state index contributed by atoms with van der Waals surface area (Å²) in [5.41, 5.74) is 6.82. The first-order valence-electron chi connectivity index (χ1n) is 7.28. The molecule has 1 fully saturated rings. The zero-order chi connectivity index (χ0) is 15.2. The van der Waals surface area contributed by atoms with Gasteiger partial charge in [0.15, 0.2) is 0 Å². The van der Waals surface area contributed by atoms with Crippen LogP contribution in [0.2, 0.25) is 0 Å². The van der Waals surface area contributed by atoms with Gasteiger partial charge >= 0.3 is 0 Å². The number of benzene rings is 1. The van der Waals surface area contributed by atoms with E-state index in [4.69, 9.17) is 10.5 Å². The van der Waals surface area contributed by atoms with Crippen molar-refractivity contribution in [3.8, 4) is 0 Å². The number of hydrogen-bond acceptors (Lipinski definition) is 4. The standard InChI is InChI=1S/C15H22FN3O2/c1-2-6-18-15(20)13-10-21-8-7-19(13)14-11(9-17)4-3-5-12(14)16/h3-5,13H,2,6-10,17H2,1H3,(H,18,20). The van der Waals surface area contributed by atoms with E-state index in [0.29, 0.717) is 30.9 Å². The molecule has 2 rings (SSSR count). The van der Waals surface area contributed by atoms with Crippen molar-refractivity contribution in [2.75, 3.05) is 31.2 Å². The second-order valence-electron chi connectivity index (χ2n) is 5.03. The van der Waals surface area contributed by atoms with Gasteiger partial charge in [-0.2, -0.15) is 0 Å². The van der Waals surface area contributed by atoms with Gasteiger partial charge in [-0.3, -0.25) is 4.79 Å². The number of nitrogens with zero attached hydrogens (tertiary/aromatic N) is 1. The Labute approximate surface area is 124 Å². The average molecular weight is 295 g/mol. The van der Waals surface area contributed by atoms with E-state index in [9.17, 15) is 9.18 Å². The summed E-state index contributed by atoms with van der Waals surface area (Å²) in [4.78, 5) is 14.0. The fourth-order valence-electron chi connectivity index (χ4n) is 2.50. The van der Waals surface area contributed by atoms with Crippen molar-refractivity contribution in [2.24, 2.45) is 5.73 Å². The third-order valence-corrected chi connectivity index (χ3v) is 3.56. The van der Waals surface area contributed by atoms with Gasteiger partial charge in [0.1, 0.15) is 11.9 Å². The van der Waals surface area contributed by atoms with Crippen molar-refractivity contribution in [2.45, 2.75) is 25.9 Å². The smallest absolute Gasteiger partial charge is 0.245 e. The molecule has 1 heterocycles. The topological polar surface area (TPSA) is 67.6 Å². The summed E-state index contributed by atoms with van der Waals surface area (Å²) in [6, 6.07) is 4.29. The number of para-hydroxylation sites is 1. The van der Waals surface area contributed by atoms with Crippen LogP contribution in [0.3, 0.4) is 0 Å². The van der Waals surface area contributed by atoms with E-state index in [1.807, 2.05) is 6.92 Å². The zero-order valence-electron chi connectivity index (χ0n) is 12.3. The highest BCUT2D eigenvalue weighted by atomic mass is 19.1. The molecule has 1 saturated heterocycles. The fraction of sp³-hybridized carbons (Fsp3) is 0.533. The van der Waals surface area contributed by atoms with Crippen molar-refractivity contribution >= 4 is 11.6 Å². The monoisotopic (exact) mass is 295 g/mol. The molecule has 1 unspecified atom stereocenters. The normalized spacial score (nSPS) is 18.6. The Hall–Kier alpha value is -1.66. The molecule has 116 valence electrons. The van der Waals surface area contributed by atoms with E-state index in [2.05, 4.69) is 5.32 Å². The Morgan fingerprint density at radius 1 is 1.57 bits per heavy atom. The predicted molar refractivity (Wildman–Crippen MR) is 79.5 cm³/mol. The Morgan fingerprint density at radius 3 is 3.10 bits per heavy atom. The fourth-order valence-corrected chi connectivity index (χ4v) is 2.50. The zero-order valence-corrected chi connectivity index (χ0v) is 12.3. The van der Waals surface area contributed by atoms with Crippen LogP contribution in [0.4, 0.5) is 10.1 Å². The van der Waals surface area contributed by atoms with Gasteiger partial charge in [-0.1, -0.05) is 19.1 Å². The summed E-state index contributed by atoms with van der Waals surface area (Å²) in [5.74, 6) is -0.490. The molecule has 1 aliphatic rings. The molecule has 21 heavy (non-hydrogen) atoms. The highest BCUT2D eigenvalue weighted by Crippen LogP contribution is 2.27. The van der Waals surface area contributed by atoms with Crippen LogP contribution >= 0.6 is 0 Å². The summed E-state index contributed by atoms with van der Waals surface area (Å²) < 4.78 is 19.6. The first-order valence-corrected chi connectivity index (χ1v) is 7.28. The number of amides is 1. The van der Waals surface area contributed by atoms with Gasteiger partial charge in [0.25, 0.3) is 0 Å². The molecular formula is C15H22FN3O2. The van der Waals surface area contributed by atoms with Gasteiger partial charge in [0.2, 0.25) is 5.91 Å². The van der Waals surface area contributed by atoms with Gasteiger partial charge < -0.3 is 20.7 Å². The molecule has 1 aromatic rings. The number of anilines is 1. The van der Waals surface area contributed by atoms with E-state index < -0.39 is 6.04 Å². The van der Waals surface area contributed by atoms with Crippen LogP contribution in [-0.2, 0) is 16.1 Å². The third kappa shape index (κ3) is 3.51. The summed E-state index contributed by atoms with van der Waals surface area (Å²) >= 11 is 0. The number of rotatable bonds is 5. The van der Waals surface area contributed by atoms with Crippen molar-refractivity contribution in [3.63, 3.8) is 0 Å². The van der Waals surface area contributed by atoms with Crippen LogP contribution in [0, 0.1) is 5.82 Å². The molecule has 1 atom stereocenters. The van der Waals surface area contributed by atoms with Crippen LogP contribution in [0.5, 0.6) is 0 Å². The quantitative estimate of drug-likeness (QED) is 0.851. The lowest BCUT2D eigenvalue weighted by Gasteiger charge is -2.37. The van der Waals surface area contributed by atoms with E-state index >= 15 is 0 Å². The molecule has 0 saturated carbocycles. The molecule has 0 bridgehead atoms. The number of hydrogen-bond donors (Lipinski definition) is 2. The highest BCUT2D eigenvalue weighted by molar-refractivity contribution is 5.86. The van der Waals surface area contributed by atoms with Crippen LogP contribution in [0.25, 0.3) is 0 Å². The number of nitrogens with two attached hydrogens (primary N) is 1. The van der Waals surface area contributed by atoms with Crippen molar-refractivity contribution in [1.29, 1.82) is 0 Å². The molecule has 0 radical (unpaired) electrons. The maximum absolute atomic E-state index is 14.2. The van der Waals surface area contributed by atoms with E-state index in [0.717, 1.165) is 6.42 Å². The van der Waals surface area contributed by atoms with Crippen LogP contribution in [0.1, 0.15) is 18.9 Å². The van der Waals surface area contributed by atoms with Crippen LogP contribution in [-0.4, -0.2) is 38.3 Å². The second-order valence-corrected chi connectivity index (χ2v) is 5.03. The maximum Gasteiger partial charge on any atom is 0.245 e. The minimum Gasteiger partial charge on any atom is -0.377 e. The summed E-state index contributed by atoms with van der Waals surface area (Å²) in [6.45, 7) is 4.01. The largest absolute Gasteiger partial charge is 0.377 e. The van der Waals surface area contributed by atoms with E-state index in [1.165, 1.54) is 6.07 Å². The summed E-state index contributed by atoms with van der Waals surface area (Å²) in [7, 11) is 0. The SMILES string of the molecule is CCCNC(=O)C1COCCN1c1c(F)cccc1CN. The van der Waals surface area contributed by atoms with Gasteiger partial charge in [0, 0.05) is 19.6 Å². The molecular weight excluding hydrogens is 273 g/mol. The Bertz CT molecular complexity index is 496. The molecule has 0 aromatic heterocycles. The number of carbonyl (C=O) groups excluding carboxylic acids is 1. The number of morpholine rings is 1. The number of carbonyl (C=O) groups is 1. The Morgan fingerprint density at radius 2 is 2.38 bits per heavy atom. The number of halogens is 1. The lowest BCUT2D eigenvalue weighted by atomic mass is 10.1. The van der Waals surface area contributed by atoms with Gasteiger partial charge in [-0.05, 0) is 18.1 Å². The minimum absolute atomic E-state index is 0.136. The Balaban J connectivity index is 2.28. The predicted octanol–water partition coefficient (Wildman–Crippen LogP) is 1.02. The molecule has 5 nitrogen and oxygen atoms in total. The second kappa shape index (κ2) is 7.38. The first-order chi connectivity index (χ1) is 10.2. The van der Waals surface area contributed by atoms with Crippen LogP contribution in [0.15, 0.2) is 18.2 Å². The molecule has 0 aliphatic carbocycles. The van der Waals surface area contributed by atoms with E-state index in [-0.39, 0.29) is 24.9 Å². The Kier molecular flexibility index (Phi) is 5.52. The van der Waals surface area contributed by atoms with Gasteiger partial charge in [-0.15, -0.1) is 0 Å². The molecule has 0 spiro atoms. The van der Waals surface area contributed by atoms with Crippen molar-refractivity contribution in [1.82, 2.24) is 5.32 Å². The number of nitrogens with one attached hydrogen (secondary N) is 1.